The number of thiazole rings is 1. The molecule has 2 N–H and O–H groups in total. The number of benzene rings is 3. The molecule has 0 atom stereocenters. The summed E-state index contributed by atoms with van der Waals surface area (Å²) in [6.07, 6.45) is -3.01. The van der Waals surface area contributed by atoms with Crippen molar-refractivity contribution in [2.24, 2.45) is 5.10 Å². The highest BCUT2D eigenvalue weighted by molar-refractivity contribution is 14.1. The van der Waals surface area contributed by atoms with Gasteiger partial charge in [-0.25, -0.2) is 10.4 Å². The maximum absolute atomic E-state index is 12.9. The maximum Gasteiger partial charge on any atom is 0.416 e. The van der Waals surface area contributed by atoms with Gasteiger partial charge in [0.25, 0.3) is 0 Å². The predicted molar refractivity (Wildman–Crippen MR) is 153 cm³/mol. The summed E-state index contributed by atoms with van der Waals surface area (Å²) in [7, 11) is 1.54. The zero-order valence-electron chi connectivity index (χ0n) is 20.5. The lowest BCUT2D eigenvalue weighted by Gasteiger charge is -2.11. The van der Waals surface area contributed by atoms with Crippen LogP contribution in [-0.2, 0) is 24.0 Å². The molecule has 1 amide bonds. The van der Waals surface area contributed by atoms with E-state index in [1.54, 1.807) is 30.7 Å². The summed E-state index contributed by atoms with van der Waals surface area (Å²) in [6.45, 7) is 0.393. The fourth-order valence-corrected chi connectivity index (χ4v) is 4.44. The monoisotopic (exact) mass is 666 g/mol. The fourth-order valence-electron chi connectivity index (χ4n) is 3.35. The molecule has 12 heteroatoms. The second-order valence-electron chi connectivity index (χ2n) is 8.14. The minimum absolute atomic E-state index is 0.0489. The van der Waals surface area contributed by atoms with Gasteiger partial charge in [0.2, 0.25) is 5.91 Å². The van der Waals surface area contributed by atoms with E-state index in [9.17, 15) is 18.0 Å². The molecule has 0 unspecified atom stereocenters. The van der Waals surface area contributed by atoms with Gasteiger partial charge in [-0.2, -0.15) is 18.3 Å². The molecule has 0 saturated carbocycles. The Kier molecular flexibility index (Phi) is 9.41. The largest absolute Gasteiger partial charge is 0.493 e. The normalized spacial score (nSPS) is 11.4. The van der Waals surface area contributed by atoms with Crippen LogP contribution in [0.3, 0.4) is 0 Å². The number of hydrogen-bond acceptors (Lipinski definition) is 7. The van der Waals surface area contributed by atoms with Crippen molar-refractivity contribution in [3.63, 3.8) is 0 Å². The van der Waals surface area contributed by atoms with Gasteiger partial charge < -0.3 is 14.8 Å². The van der Waals surface area contributed by atoms with Crippen LogP contribution >= 0.6 is 33.9 Å². The predicted octanol–water partition coefficient (Wildman–Crippen LogP) is 6.79. The molecule has 7 nitrogen and oxygen atoms in total. The van der Waals surface area contributed by atoms with Crippen molar-refractivity contribution in [2.45, 2.75) is 19.2 Å². The van der Waals surface area contributed by atoms with Gasteiger partial charge in [0.15, 0.2) is 16.6 Å². The maximum atomic E-state index is 12.9. The van der Waals surface area contributed by atoms with Crippen LogP contribution in [0.2, 0.25) is 0 Å². The number of carbonyl (C=O) groups is 1. The van der Waals surface area contributed by atoms with Crippen LogP contribution in [0, 0.1) is 3.57 Å². The van der Waals surface area contributed by atoms with E-state index in [0.29, 0.717) is 34.5 Å². The topological polar surface area (TPSA) is 84.8 Å². The summed E-state index contributed by atoms with van der Waals surface area (Å²) < 4.78 is 51.2. The number of ether oxygens (including phenoxy) is 2. The van der Waals surface area contributed by atoms with E-state index >= 15 is 0 Å². The third kappa shape index (κ3) is 8.42. The summed E-state index contributed by atoms with van der Waals surface area (Å²) in [5, 5.41) is 8.84. The molecule has 4 aromatic rings. The second-order valence-corrected chi connectivity index (χ2v) is 10.2. The highest BCUT2D eigenvalue weighted by Crippen LogP contribution is 2.32. The Morgan fingerprint density at radius 2 is 1.90 bits per heavy atom. The Morgan fingerprint density at radius 3 is 2.64 bits per heavy atom. The van der Waals surface area contributed by atoms with Gasteiger partial charge in [0.05, 0.1) is 31.0 Å². The van der Waals surface area contributed by atoms with Crippen molar-refractivity contribution >= 4 is 56.9 Å². The number of carbonyl (C=O) groups excluding carboxylic acids is 1. The molecule has 3 aromatic carbocycles. The van der Waals surface area contributed by atoms with Crippen LogP contribution in [0.1, 0.15) is 22.4 Å². The first-order valence-electron chi connectivity index (χ1n) is 11.5. The van der Waals surface area contributed by atoms with Crippen LogP contribution in [0.25, 0.3) is 0 Å². The van der Waals surface area contributed by atoms with Gasteiger partial charge in [-0.05, 0) is 82.2 Å². The third-order valence-electron chi connectivity index (χ3n) is 5.23. The Bertz CT molecular complexity index is 1460. The van der Waals surface area contributed by atoms with Crippen molar-refractivity contribution < 1.29 is 27.4 Å². The molecular weight excluding hydrogens is 644 g/mol. The van der Waals surface area contributed by atoms with Crippen LogP contribution < -0.4 is 20.2 Å². The van der Waals surface area contributed by atoms with Crippen LogP contribution in [0.5, 0.6) is 11.5 Å². The lowest BCUT2D eigenvalue weighted by molar-refractivity contribution is -0.137. The van der Waals surface area contributed by atoms with Gasteiger partial charge in [0.1, 0.15) is 6.61 Å². The quantitative estimate of drug-likeness (QED) is 0.111. The minimum Gasteiger partial charge on any atom is -0.493 e. The minimum atomic E-state index is -4.44. The number of aromatic nitrogens is 1. The lowest BCUT2D eigenvalue weighted by Crippen LogP contribution is -2.19. The van der Waals surface area contributed by atoms with E-state index in [1.807, 2.05) is 24.3 Å². The smallest absolute Gasteiger partial charge is 0.416 e. The first kappa shape index (κ1) is 28.4. The van der Waals surface area contributed by atoms with E-state index in [0.717, 1.165) is 21.3 Å². The number of halogens is 4. The summed E-state index contributed by atoms with van der Waals surface area (Å²) in [4.78, 5) is 16.6. The van der Waals surface area contributed by atoms with Gasteiger partial charge in [-0.1, -0.05) is 18.2 Å². The summed E-state index contributed by atoms with van der Waals surface area (Å²) in [6, 6.07) is 18.1. The molecule has 1 aromatic heterocycles. The zero-order chi connectivity index (χ0) is 27.8. The summed E-state index contributed by atoms with van der Waals surface area (Å²) >= 11 is 3.43. The number of hydrazone groups is 1. The van der Waals surface area contributed by atoms with E-state index in [2.05, 4.69) is 43.4 Å². The number of nitrogens with one attached hydrogen (secondary N) is 2. The molecule has 0 aliphatic carbocycles. The number of methoxy groups -OCH3 is 1. The average molecular weight is 666 g/mol. The molecule has 0 spiro atoms. The van der Waals surface area contributed by atoms with Crippen molar-refractivity contribution in [1.82, 2.24) is 10.4 Å². The molecule has 0 bridgehead atoms. The molecule has 0 aliphatic heterocycles. The number of anilines is 2. The Labute approximate surface area is 240 Å². The highest BCUT2D eigenvalue weighted by atomic mass is 127. The number of alkyl halides is 3. The van der Waals surface area contributed by atoms with Crippen molar-refractivity contribution in [1.29, 1.82) is 0 Å². The van der Waals surface area contributed by atoms with Crippen LogP contribution in [0.15, 0.2) is 77.2 Å². The SMILES string of the molecule is COc1cc(/C=N\NC(=O)Cc2csc(Nc3cccc(C(F)(F)F)c3)n2)ccc1OCc1ccc(I)cc1. The fraction of sp³-hybridized carbons (Fsp3) is 0.148. The van der Waals surface area contributed by atoms with Gasteiger partial charge in [-0.15, -0.1) is 11.3 Å². The van der Waals surface area contributed by atoms with Gasteiger partial charge >= 0.3 is 6.18 Å². The zero-order valence-corrected chi connectivity index (χ0v) is 23.4. The highest BCUT2D eigenvalue weighted by Gasteiger charge is 2.30. The lowest BCUT2D eigenvalue weighted by atomic mass is 10.2. The van der Waals surface area contributed by atoms with E-state index in [-0.39, 0.29) is 12.1 Å². The molecule has 0 radical (unpaired) electrons. The third-order valence-corrected chi connectivity index (χ3v) is 6.76. The Balaban J connectivity index is 1.29. The number of hydrogen-bond donors (Lipinski definition) is 2. The van der Waals surface area contributed by atoms with Crippen molar-refractivity contribution in [3.05, 3.63) is 98.1 Å². The number of nitrogens with zero attached hydrogens (tertiary/aromatic N) is 2. The van der Waals surface area contributed by atoms with Gasteiger partial charge in [-0.3, -0.25) is 4.79 Å². The molecule has 1 heterocycles. The standard InChI is InChI=1S/C27H22F3IN4O3S/c1-37-24-11-18(7-10-23(24)38-15-17-5-8-20(31)9-6-17)14-32-35-25(36)13-22-16-39-26(34-22)33-21-4-2-3-19(12-21)27(28,29)30/h2-12,14,16H,13,15H2,1H3,(H,33,34)(H,35,36)/b32-14-. The molecule has 0 saturated heterocycles. The van der Waals surface area contributed by atoms with Crippen molar-refractivity contribution in [2.75, 3.05) is 12.4 Å². The Morgan fingerprint density at radius 1 is 1.10 bits per heavy atom. The number of amides is 1. The van der Waals surface area contributed by atoms with E-state index in [1.165, 1.54) is 29.7 Å². The average Bonchev–Trinajstić information content (AvgIpc) is 3.34. The molecule has 39 heavy (non-hydrogen) atoms. The number of rotatable bonds is 10. The summed E-state index contributed by atoms with van der Waals surface area (Å²) in [5.74, 6) is 0.709. The van der Waals surface area contributed by atoms with Crippen LogP contribution in [0.4, 0.5) is 24.0 Å². The first-order chi connectivity index (χ1) is 18.7. The first-order valence-corrected chi connectivity index (χ1v) is 13.4. The molecule has 4 rings (SSSR count). The molecule has 0 fully saturated rings. The van der Waals surface area contributed by atoms with E-state index in [4.69, 9.17) is 9.47 Å². The second kappa shape index (κ2) is 12.9. The molecular formula is C27H22F3IN4O3S. The molecule has 0 aliphatic rings. The van der Waals surface area contributed by atoms with E-state index < -0.39 is 17.6 Å². The molecule has 202 valence electrons. The van der Waals surface area contributed by atoms with Crippen molar-refractivity contribution in [3.8, 4) is 11.5 Å². The van der Waals surface area contributed by atoms with Crippen LogP contribution in [-0.4, -0.2) is 24.2 Å². The van der Waals surface area contributed by atoms with Gasteiger partial charge in [0, 0.05) is 14.6 Å². The summed E-state index contributed by atoms with van der Waals surface area (Å²) in [5.41, 5.74) is 4.11. The Hall–Kier alpha value is -3.65.